The summed E-state index contributed by atoms with van der Waals surface area (Å²) in [5, 5.41) is 0. The molecule has 4 nitrogen and oxygen atoms in total. The van der Waals surface area contributed by atoms with Crippen molar-refractivity contribution in [3.05, 3.63) is 29.8 Å². The summed E-state index contributed by atoms with van der Waals surface area (Å²) in [6, 6.07) is 7.72. The molecule has 2 N–H and O–H groups in total. The number of rotatable bonds is 6. The van der Waals surface area contributed by atoms with Gasteiger partial charge in [-0.3, -0.25) is 4.79 Å². The van der Waals surface area contributed by atoms with Crippen molar-refractivity contribution in [2.45, 2.75) is 20.8 Å². The minimum atomic E-state index is -0.0647. The minimum absolute atomic E-state index is 0.0647. The molecule has 0 spiro atoms. The molecule has 20 heavy (non-hydrogen) atoms. The third kappa shape index (κ3) is 4.23. The van der Waals surface area contributed by atoms with E-state index in [2.05, 4.69) is 13.8 Å². The molecule has 1 amide bonds. The summed E-state index contributed by atoms with van der Waals surface area (Å²) in [7, 11) is 3.94. The van der Waals surface area contributed by atoms with Crippen LogP contribution in [0.1, 0.15) is 31.1 Å². The zero-order chi connectivity index (χ0) is 15.3. The van der Waals surface area contributed by atoms with Crippen molar-refractivity contribution >= 4 is 11.6 Å². The van der Waals surface area contributed by atoms with Crippen molar-refractivity contribution in [2.75, 3.05) is 38.6 Å². The number of nitrogens with two attached hydrogens (primary N) is 1. The fourth-order valence-electron chi connectivity index (χ4n) is 2.01. The van der Waals surface area contributed by atoms with E-state index in [0.29, 0.717) is 19.6 Å². The molecule has 0 unspecified atom stereocenters. The molecule has 1 aromatic rings. The summed E-state index contributed by atoms with van der Waals surface area (Å²) >= 11 is 0. The van der Waals surface area contributed by atoms with Crippen LogP contribution < -0.4 is 10.6 Å². The summed E-state index contributed by atoms with van der Waals surface area (Å²) in [6.45, 7) is 8.09. The maximum atomic E-state index is 12.6. The number of hydrogen-bond donors (Lipinski definition) is 1. The van der Waals surface area contributed by atoms with Crippen LogP contribution in [0.4, 0.5) is 5.69 Å². The van der Waals surface area contributed by atoms with Crippen molar-refractivity contribution in [3.8, 4) is 0 Å². The minimum Gasteiger partial charge on any atom is -0.378 e. The first-order chi connectivity index (χ1) is 9.30. The summed E-state index contributed by atoms with van der Waals surface area (Å²) in [5.41, 5.74) is 7.46. The number of amides is 1. The maximum absolute atomic E-state index is 12.6. The van der Waals surface area contributed by atoms with Gasteiger partial charge in [-0.2, -0.15) is 0 Å². The molecule has 0 aliphatic rings. The van der Waals surface area contributed by atoms with Crippen molar-refractivity contribution < 1.29 is 4.79 Å². The number of hydrogen-bond acceptors (Lipinski definition) is 3. The molecular formula is C16H27N3O. The molecule has 1 rings (SSSR count). The lowest BCUT2D eigenvalue weighted by Gasteiger charge is -2.31. The molecule has 0 fully saturated rings. The molecule has 1 aromatic carbocycles. The van der Waals surface area contributed by atoms with E-state index >= 15 is 0 Å². The van der Waals surface area contributed by atoms with E-state index in [9.17, 15) is 4.79 Å². The van der Waals surface area contributed by atoms with Gasteiger partial charge < -0.3 is 15.5 Å². The van der Waals surface area contributed by atoms with Crippen molar-refractivity contribution in [1.82, 2.24) is 4.90 Å². The molecule has 0 heterocycles. The van der Waals surface area contributed by atoms with E-state index in [4.69, 9.17) is 5.73 Å². The van der Waals surface area contributed by atoms with Gasteiger partial charge in [0.2, 0.25) is 0 Å². The number of benzene rings is 1. The maximum Gasteiger partial charge on any atom is 0.253 e. The molecule has 0 aliphatic heterocycles. The molecule has 0 aromatic heterocycles. The number of anilines is 1. The summed E-state index contributed by atoms with van der Waals surface area (Å²) in [5.74, 6) is 0.0673. The van der Waals surface area contributed by atoms with Crippen LogP contribution >= 0.6 is 0 Å². The normalized spacial score (nSPS) is 11.3. The Hall–Kier alpha value is -1.55. The van der Waals surface area contributed by atoms with Crippen LogP contribution in [0.2, 0.25) is 0 Å². The van der Waals surface area contributed by atoms with Gasteiger partial charge in [0.1, 0.15) is 0 Å². The van der Waals surface area contributed by atoms with Gasteiger partial charge in [0.05, 0.1) is 0 Å². The van der Waals surface area contributed by atoms with Gasteiger partial charge in [0.15, 0.2) is 0 Å². The zero-order valence-electron chi connectivity index (χ0n) is 13.3. The van der Waals surface area contributed by atoms with Crippen LogP contribution in [0.25, 0.3) is 0 Å². The first-order valence-electron chi connectivity index (χ1n) is 7.07. The SMILES string of the molecule is CCN(CC(C)(C)CN)C(=O)c1cccc(N(C)C)c1. The highest BCUT2D eigenvalue weighted by atomic mass is 16.2. The first kappa shape index (κ1) is 16.5. The lowest BCUT2D eigenvalue weighted by atomic mass is 9.93. The molecule has 0 atom stereocenters. The molecule has 112 valence electrons. The van der Waals surface area contributed by atoms with Crippen molar-refractivity contribution in [3.63, 3.8) is 0 Å². The Kier molecular flexibility index (Phi) is 5.57. The van der Waals surface area contributed by atoms with Crippen LogP contribution in [0.3, 0.4) is 0 Å². The van der Waals surface area contributed by atoms with Crippen molar-refractivity contribution in [2.24, 2.45) is 11.1 Å². The largest absolute Gasteiger partial charge is 0.378 e. The van der Waals surface area contributed by atoms with Crippen LogP contribution in [-0.2, 0) is 0 Å². The van der Waals surface area contributed by atoms with Crippen LogP contribution in [0, 0.1) is 5.41 Å². The van der Waals surface area contributed by atoms with E-state index in [0.717, 1.165) is 11.3 Å². The van der Waals surface area contributed by atoms with E-state index in [1.165, 1.54) is 0 Å². The number of carbonyl (C=O) groups is 1. The quantitative estimate of drug-likeness (QED) is 0.867. The van der Waals surface area contributed by atoms with Crippen LogP contribution in [0.5, 0.6) is 0 Å². The van der Waals surface area contributed by atoms with Crippen LogP contribution in [0.15, 0.2) is 24.3 Å². The fraction of sp³-hybridized carbons (Fsp3) is 0.562. The van der Waals surface area contributed by atoms with Gasteiger partial charge in [-0.15, -0.1) is 0 Å². The Morgan fingerprint density at radius 3 is 2.45 bits per heavy atom. The highest BCUT2D eigenvalue weighted by Gasteiger charge is 2.23. The second-order valence-electron chi connectivity index (χ2n) is 6.13. The lowest BCUT2D eigenvalue weighted by molar-refractivity contribution is 0.0701. The Bertz CT molecular complexity index is 455. The second kappa shape index (κ2) is 6.75. The third-order valence-corrected chi connectivity index (χ3v) is 3.45. The molecule has 0 saturated carbocycles. The lowest BCUT2D eigenvalue weighted by Crippen LogP contribution is -2.42. The second-order valence-corrected chi connectivity index (χ2v) is 6.13. The smallest absolute Gasteiger partial charge is 0.253 e. The van der Waals surface area contributed by atoms with Crippen LogP contribution in [-0.4, -0.2) is 44.5 Å². The van der Waals surface area contributed by atoms with E-state index in [-0.39, 0.29) is 11.3 Å². The predicted molar refractivity (Wildman–Crippen MR) is 85.2 cm³/mol. The molecule has 4 heteroatoms. The zero-order valence-corrected chi connectivity index (χ0v) is 13.3. The highest BCUT2D eigenvalue weighted by Crippen LogP contribution is 2.19. The Morgan fingerprint density at radius 1 is 1.30 bits per heavy atom. The van der Waals surface area contributed by atoms with Gasteiger partial charge in [-0.05, 0) is 37.1 Å². The monoisotopic (exact) mass is 277 g/mol. The summed E-state index contributed by atoms with van der Waals surface area (Å²) < 4.78 is 0. The average Bonchev–Trinajstić information content (AvgIpc) is 2.44. The fourth-order valence-corrected chi connectivity index (χ4v) is 2.01. The first-order valence-corrected chi connectivity index (χ1v) is 7.07. The van der Waals surface area contributed by atoms with Gasteiger partial charge >= 0.3 is 0 Å². The Morgan fingerprint density at radius 2 is 1.95 bits per heavy atom. The predicted octanol–water partition coefficient (Wildman–Crippen LogP) is 2.20. The number of carbonyl (C=O) groups excluding carboxylic acids is 1. The van der Waals surface area contributed by atoms with Gasteiger partial charge in [0, 0.05) is 38.4 Å². The molecule has 0 saturated heterocycles. The van der Waals surface area contributed by atoms with E-state index in [1.807, 2.05) is 55.1 Å². The summed E-state index contributed by atoms with van der Waals surface area (Å²) in [4.78, 5) is 16.5. The van der Waals surface area contributed by atoms with E-state index in [1.54, 1.807) is 0 Å². The van der Waals surface area contributed by atoms with Crippen molar-refractivity contribution in [1.29, 1.82) is 0 Å². The standard InChI is InChI=1S/C16H27N3O/c1-6-19(12-16(2,3)11-17)15(20)13-8-7-9-14(10-13)18(4)5/h7-10H,6,11-12,17H2,1-5H3. The molecular weight excluding hydrogens is 250 g/mol. The van der Waals surface area contributed by atoms with Gasteiger partial charge in [0.25, 0.3) is 5.91 Å². The third-order valence-electron chi connectivity index (χ3n) is 3.45. The van der Waals surface area contributed by atoms with E-state index < -0.39 is 0 Å². The van der Waals surface area contributed by atoms with Gasteiger partial charge in [-0.1, -0.05) is 19.9 Å². The van der Waals surface area contributed by atoms with Gasteiger partial charge in [-0.25, -0.2) is 0 Å². The average molecular weight is 277 g/mol. The highest BCUT2D eigenvalue weighted by molar-refractivity contribution is 5.95. The molecule has 0 aliphatic carbocycles. The summed E-state index contributed by atoms with van der Waals surface area (Å²) in [6.07, 6.45) is 0. The Labute approximate surface area is 122 Å². The topological polar surface area (TPSA) is 49.6 Å². The number of nitrogens with zero attached hydrogens (tertiary/aromatic N) is 2. The Balaban J connectivity index is 2.94. The molecule has 0 bridgehead atoms. The molecule has 0 radical (unpaired) electrons.